The van der Waals surface area contributed by atoms with E-state index in [2.05, 4.69) is 10.1 Å². The van der Waals surface area contributed by atoms with Crippen LogP contribution in [0.25, 0.3) is 0 Å². The summed E-state index contributed by atoms with van der Waals surface area (Å²) in [6.07, 6.45) is 5.56. The summed E-state index contributed by atoms with van der Waals surface area (Å²) in [5.74, 6) is 1.62. The number of carbonyl (C=O) groups excluding carboxylic acids is 1. The van der Waals surface area contributed by atoms with Crippen LogP contribution in [0.15, 0.2) is 4.52 Å². The van der Waals surface area contributed by atoms with Gasteiger partial charge >= 0.3 is 6.09 Å². The van der Waals surface area contributed by atoms with Crippen molar-refractivity contribution in [1.29, 1.82) is 0 Å². The van der Waals surface area contributed by atoms with Crippen LogP contribution in [0.1, 0.15) is 83.0 Å². The van der Waals surface area contributed by atoms with Crippen LogP contribution in [0.4, 0.5) is 4.79 Å². The second-order valence-corrected chi connectivity index (χ2v) is 8.43. The van der Waals surface area contributed by atoms with Gasteiger partial charge in [0.25, 0.3) is 5.89 Å². The van der Waals surface area contributed by atoms with E-state index in [0.717, 1.165) is 51.0 Å². The second-order valence-electron chi connectivity index (χ2n) is 8.43. The molecule has 0 radical (unpaired) electrons. The van der Waals surface area contributed by atoms with Crippen LogP contribution in [0, 0.1) is 0 Å². The van der Waals surface area contributed by atoms with Gasteiger partial charge in [-0.15, -0.1) is 0 Å². The van der Waals surface area contributed by atoms with Gasteiger partial charge in [0.1, 0.15) is 11.7 Å². The lowest BCUT2D eigenvalue weighted by atomic mass is 9.90. The fourth-order valence-electron chi connectivity index (χ4n) is 4.32. The van der Waals surface area contributed by atoms with Gasteiger partial charge in [-0.05, 0) is 59.3 Å². The Labute approximate surface area is 148 Å². The van der Waals surface area contributed by atoms with Gasteiger partial charge in [0.15, 0.2) is 5.82 Å². The topological polar surface area (TPSA) is 77.7 Å². The number of nitrogens with zero attached hydrogens (tertiary/aromatic N) is 3. The molecule has 0 saturated carbocycles. The Kier molecular flexibility index (Phi) is 4.22. The molecule has 138 valence electrons. The highest BCUT2D eigenvalue weighted by atomic mass is 16.6. The van der Waals surface area contributed by atoms with E-state index in [9.17, 15) is 4.79 Å². The zero-order valence-corrected chi connectivity index (χ0v) is 15.2. The van der Waals surface area contributed by atoms with E-state index in [0.29, 0.717) is 5.89 Å². The molecule has 1 aromatic heterocycles. The number of fused-ring (bicyclic) bond motifs is 2. The number of amides is 1. The lowest BCUT2D eigenvalue weighted by Gasteiger charge is -2.38. The lowest BCUT2D eigenvalue weighted by Crippen LogP contribution is -2.48. The molecule has 3 aliphatic heterocycles. The van der Waals surface area contributed by atoms with E-state index in [1.807, 2.05) is 25.7 Å². The number of rotatable bonds is 2. The fraction of sp³-hybridized carbons (Fsp3) is 0.833. The first kappa shape index (κ1) is 16.8. The monoisotopic (exact) mass is 349 g/mol. The summed E-state index contributed by atoms with van der Waals surface area (Å²) in [6, 6.07) is 0.423. The predicted molar refractivity (Wildman–Crippen MR) is 89.1 cm³/mol. The Morgan fingerprint density at radius 1 is 1.20 bits per heavy atom. The minimum Gasteiger partial charge on any atom is -0.444 e. The molecule has 1 amide bonds. The standard InChI is InChI=1S/C18H27N3O4/c1-18(2,3)24-17(22)21-12-6-7-13(21)10-11(9-12)15-19-16(25-20-15)14-5-4-8-23-14/h11-14H,4-10H2,1-3H3/t11?,12-,13+,14-/m0/s1. The SMILES string of the molecule is CC(C)(C)OC(=O)N1[C@@H]2CC[C@H]1CC(c1noc([C@@H]3CCCO3)n1)C2. The third kappa shape index (κ3) is 3.38. The van der Waals surface area contributed by atoms with Gasteiger partial charge in [-0.2, -0.15) is 4.98 Å². The highest BCUT2D eigenvalue weighted by Crippen LogP contribution is 2.43. The zero-order valence-electron chi connectivity index (χ0n) is 15.2. The number of hydrogen-bond acceptors (Lipinski definition) is 6. The summed E-state index contributed by atoms with van der Waals surface area (Å²) in [7, 11) is 0. The molecule has 1 unspecified atom stereocenters. The molecule has 4 heterocycles. The smallest absolute Gasteiger partial charge is 0.410 e. The average Bonchev–Trinajstić information content (AvgIpc) is 3.24. The van der Waals surface area contributed by atoms with Crippen molar-refractivity contribution >= 4 is 6.09 Å². The number of piperidine rings is 1. The Morgan fingerprint density at radius 3 is 2.52 bits per heavy atom. The zero-order chi connectivity index (χ0) is 17.6. The van der Waals surface area contributed by atoms with Gasteiger partial charge in [0.2, 0.25) is 0 Å². The predicted octanol–water partition coefficient (Wildman–Crippen LogP) is 3.57. The maximum Gasteiger partial charge on any atom is 0.410 e. The van der Waals surface area contributed by atoms with Crippen molar-refractivity contribution in [3.8, 4) is 0 Å². The Hall–Kier alpha value is -1.63. The molecule has 0 N–H and O–H groups in total. The highest BCUT2D eigenvalue weighted by molar-refractivity contribution is 5.69. The highest BCUT2D eigenvalue weighted by Gasteiger charge is 2.46. The molecule has 3 fully saturated rings. The molecule has 0 aliphatic carbocycles. The van der Waals surface area contributed by atoms with Gasteiger partial charge in [0.05, 0.1) is 0 Å². The van der Waals surface area contributed by atoms with E-state index in [1.54, 1.807) is 0 Å². The largest absolute Gasteiger partial charge is 0.444 e. The minimum atomic E-state index is -0.461. The summed E-state index contributed by atoms with van der Waals surface area (Å²) >= 11 is 0. The first-order chi connectivity index (χ1) is 11.9. The minimum absolute atomic E-state index is 0.0418. The van der Waals surface area contributed by atoms with Crippen LogP contribution >= 0.6 is 0 Å². The lowest BCUT2D eigenvalue weighted by molar-refractivity contribution is 0.00548. The molecule has 0 aromatic carbocycles. The van der Waals surface area contributed by atoms with Crippen molar-refractivity contribution in [2.75, 3.05) is 6.61 Å². The van der Waals surface area contributed by atoms with E-state index < -0.39 is 5.60 Å². The van der Waals surface area contributed by atoms with Crippen LogP contribution in [0.5, 0.6) is 0 Å². The van der Waals surface area contributed by atoms with Gasteiger partial charge in [-0.1, -0.05) is 5.16 Å². The maximum atomic E-state index is 12.5. The molecule has 1 aromatic rings. The molecule has 0 spiro atoms. The van der Waals surface area contributed by atoms with Crippen LogP contribution in [-0.2, 0) is 9.47 Å². The van der Waals surface area contributed by atoms with Crippen LogP contribution < -0.4 is 0 Å². The van der Waals surface area contributed by atoms with Crippen molar-refractivity contribution in [2.24, 2.45) is 0 Å². The van der Waals surface area contributed by atoms with Gasteiger partial charge in [-0.25, -0.2) is 4.79 Å². The molecular formula is C18H27N3O4. The maximum absolute atomic E-state index is 12.5. The first-order valence-electron chi connectivity index (χ1n) is 9.37. The summed E-state index contributed by atoms with van der Waals surface area (Å²) in [5.41, 5.74) is -0.461. The molecule has 25 heavy (non-hydrogen) atoms. The van der Waals surface area contributed by atoms with Crippen molar-refractivity contribution in [3.05, 3.63) is 11.7 Å². The van der Waals surface area contributed by atoms with E-state index in [-0.39, 0.29) is 30.2 Å². The van der Waals surface area contributed by atoms with E-state index >= 15 is 0 Å². The van der Waals surface area contributed by atoms with Gasteiger partial charge in [-0.3, -0.25) is 0 Å². The summed E-state index contributed by atoms with van der Waals surface area (Å²) in [5, 5.41) is 4.21. The van der Waals surface area contributed by atoms with Crippen molar-refractivity contribution in [3.63, 3.8) is 0 Å². The van der Waals surface area contributed by atoms with Crippen molar-refractivity contribution in [1.82, 2.24) is 15.0 Å². The van der Waals surface area contributed by atoms with E-state index in [4.69, 9.17) is 14.0 Å². The Balaban J connectivity index is 1.44. The summed E-state index contributed by atoms with van der Waals surface area (Å²) < 4.78 is 16.7. The molecule has 2 bridgehead atoms. The van der Waals surface area contributed by atoms with Crippen LogP contribution in [-0.4, -0.2) is 45.4 Å². The first-order valence-corrected chi connectivity index (χ1v) is 9.37. The van der Waals surface area contributed by atoms with Crippen LogP contribution in [0.2, 0.25) is 0 Å². The summed E-state index contributed by atoms with van der Waals surface area (Å²) in [6.45, 7) is 6.49. The molecule has 7 nitrogen and oxygen atoms in total. The normalized spacial score (nSPS) is 32.2. The number of carbonyl (C=O) groups is 1. The molecule has 3 saturated heterocycles. The molecular weight excluding hydrogens is 322 g/mol. The fourth-order valence-corrected chi connectivity index (χ4v) is 4.32. The Morgan fingerprint density at radius 2 is 1.92 bits per heavy atom. The van der Waals surface area contributed by atoms with Crippen LogP contribution in [0.3, 0.4) is 0 Å². The van der Waals surface area contributed by atoms with Crippen molar-refractivity contribution < 1.29 is 18.8 Å². The summed E-state index contributed by atoms with van der Waals surface area (Å²) in [4.78, 5) is 19.1. The average molecular weight is 349 g/mol. The number of hydrogen-bond donors (Lipinski definition) is 0. The van der Waals surface area contributed by atoms with E-state index in [1.165, 1.54) is 0 Å². The second kappa shape index (κ2) is 6.27. The van der Waals surface area contributed by atoms with Gasteiger partial charge < -0.3 is 18.9 Å². The number of ether oxygens (including phenoxy) is 2. The molecule has 4 rings (SSSR count). The molecule has 7 heteroatoms. The quantitative estimate of drug-likeness (QED) is 0.812. The Bertz CT molecular complexity index is 619. The third-order valence-electron chi connectivity index (χ3n) is 5.37. The van der Waals surface area contributed by atoms with Crippen molar-refractivity contribution in [2.45, 2.75) is 89.0 Å². The van der Waals surface area contributed by atoms with Gasteiger partial charge in [0, 0.05) is 24.6 Å². The third-order valence-corrected chi connectivity index (χ3v) is 5.37. The number of aromatic nitrogens is 2. The molecule has 3 aliphatic rings. The molecule has 4 atom stereocenters.